The first kappa shape index (κ1) is 18.5. The summed E-state index contributed by atoms with van der Waals surface area (Å²) < 4.78 is 9.24. The van der Waals surface area contributed by atoms with E-state index in [4.69, 9.17) is 14.8 Å². The number of nitrogens with one attached hydrogen (secondary N) is 1. The van der Waals surface area contributed by atoms with E-state index in [0.717, 1.165) is 68.5 Å². The van der Waals surface area contributed by atoms with Crippen molar-refractivity contribution in [3.05, 3.63) is 63.6 Å². The van der Waals surface area contributed by atoms with E-state index in [2.05, 4.69) is 17.4 Å². The molecule has 1 aromatic carbocycles. The first-order valence-corrected chi connectivity index (χ1v) is 10.5. The number of aromatic nitrogens is 4. The van der Waals surface area contributed by atoms with E-state index < -0.39 is 0 Å². The first-order chi connectivity index (χ1) is 14.2. The molecule has 0 spiro atoms. The van der Waals surface area contributed by atoms with Gasteiger partial charge in [0.1, 0.15) is 11.6 Å². The van der Waals surface area contributed by atoms with Crippen molar-refractivity contribution in [3.63, 3.8) is 0 Å². The summed E-state index contributed by atoms with van der Waals surface area (Å²) in [5.74, 6) is 2.30. The SMILES string of the molecule is Cc1nc(C2CCOCC2)n2nc(C3CCNC3)n(Cc3ccccc3)c(=O)c12. The Kier molecular flexibility index (Phi) is 4.93. The number of benzene rings is 1. The van der Waals surface area contributed by atoms with Crippen LogP contribution in [0.3, 0.4) is 0 Å². The Hall–Kier alpha value is -2.51. The third kappa shape index (κ3) is 3.38. The van der Waals surface area contributed by atoms with Gasteiger partial charge >= 0.3 is 0 Å². The van der Waals surface area contributed by atoms with Crippen molar-refractivity contribution in [1.29, 1.82) is 0 Å². The smallest absolute Gasteiger partial charge is 0.280 e. The maximum Gasteiger partial charge on any atom is 0.280 e. The lowest BCUT2D eigenvalue weighted by atomic mass is 10.00. The van der Waals surface area contributed by atoms with Gasteiger partial charge < -0.3 is 10.1 Å². The van der Waals surface area contributed by atoms with Gasteiger partial charge in [0.05, 0.1) is 12.2 Å². The van der Waals surface area contributed by atoms with Crippen LogP contribution in [0.25, 0.3) is 5.52 Å². The molecule has 2 aromatic heterocycles. The van der Waals surface area contributed by atoms with Gasteiger partial charge in [-0.15, -0.1) is 0 Å². The van der Waals surface area contributed by atoms with E-state index in [-0.39, 0.29) is 17.4 Å². The number of hydrogen-bond acceptors (Lipinski definition) is 5. The van der Waals surface area contributed by atoms with Gasteiger partial charge in [0.25, 0.3) is 5.56 Å². The maximum atomic E-state index is 13.6. The van der Waals surface area contributed by atoms with Crippen molar-refractivity contribution in [3.8, 4) is 0 Å². The average molecular weight is 393 g/mol. The summed E-state index contributed by atoms with van der Waals surface area (Å²) in [6, 6.07) is 10.1. The highest BCUT2D eigenvalue weighted by atomic mass is 16.5. The summed E-state index contributed by atoms with van der Waals surface area (Å²) in [7, 11) is 0. The summed E-state index contributed by atoms with van der Waals surface area (Å²) in [5, 5.41) is 8.46. The van der Waals surface area contributed by atoms with Gasteiger partial charge in [0, 0.05) is 31.6 Å². The van der Waals surface area contributed by atoms with Crippen molar-refractivity contribution in [2.75, 3.05) is 26.3 Å². The van der Waals surface area contributed by atoms with Gasteiger partial charge in [0.15, 0.2) is 5.52 Å². The molecule has 0 amide bonds. The number of nitrogens with zero attached hydrogens (tertiary/aromatic N) is 4. The zero-order valence-corrected chi connectivity index (χ0v) is 16.8. The van der Waals surface area contributed by atoms with Gasteiger partial charge in [-0.05, 0) is 38.3 Å². The lowest BCUT2D eigenvalue weighted by Gasteiger charge is -2.22. The molecule has 1 unspecified atom stereocenters. The summed E-state index contributed by atoms with van der Waals surface area (Å²) >= 11 is 0. The summed E-state index contributed by atoms with van der Waals surface area (Å²) in [6.07, 6.45) is 2.84. The lowest BCUT2D eigenvalue weighted by Crippen LogP contribution is -2.31. The third-order valence-electron chi connectivity index (χ3n) is 6.18. The Morgan fingerprint density at radius 3 is 2.62 bits per heavy atom. The summed E-state index contributed by atoms with van der Waals surface area (Å²) in [5.41, 5.74) is 2.49. The summed E-state index contributed by atoms with van der Waals surface area (Å²) in [6.45, 7) is 5.75. The Labute approximate surface area is 169 Å². The molecule has 0 radical (unpaired) electrons. The zero-order valence-electron chi connectivity index (χ0n) is 16.8. The minimum absolute atomic E-state index is 0.00839. The molecule has 5 rings (SSSR count). The second kappa shape index (κ2) is 7.72. The molecule has 4 heterocycles. The van der Waals surface area contributed by atoms with E-state index in [9.17, 15) is 4.79 Å². The van der Waals surface area contributed by atoms with Crippen molar-refractivity contribution in [2.24, 2.45) is 0 Å². The molecule has 2 aliphatic rings. The van der Waals surface area contributed by atoms with E-state index in [0.29, 0.717) is 12.1 Å². The van der Waals surface area contributed by atoms with Crippen molar-refractivity contribution in [2.45, 2.75) is 44.6 Å². The lowest BCUT2D eigenvalue weighted by molar-refractivity contribution is 0.0832. The topological polar surface area (TPSA) is 73.5 Å². The number of ether oxygens (including phenoxy) is 1. The quantitative estimate of drug-likeness (QED) is 0.736. The van der Waals surface area contributed by atoms with E-state index in [1.165, 1.54) is 0 Å². The highest BCUT2D eigenvalue weighted by Crippen LogP contribution is 2.28. The molecular formula is C22H27N5O2. The molecule has 1 N–H and O–H groups in total. The first-order valence-electron chi connectivity index (χ1n) is 10.5. The van der Waals surface area contributed by atoms with Crippen LogP contribution in [0.2, 0.25) is 0 Å². The highest BCUT2D eigenvalue weighted by Gasteiger charge is 2.28. The predicted molar refractivity (Wildman–Crippen MR) is 111 cm³/mol. The van der Waals surface area contributed by atoms with Crippen LogP contribution in [0.15, 0.2) is 35.1 Å². The Balaban J connectivity index is 1.68. The van der Waals surface area contributed by atoms with Crippen LogP contribution in [0.1, 0.15) is 54.0 Å². The van der Waals surface area contributed by atoms with E-state index >= 15 is 0 Å². The molecule has 7 nitrogen and oxygen atoms in total. The molecule has 2 aliphatic heterocycles. The van der Waals surface area contributed by atoms with Gasteiger partial charge in [-0.25, -0.2) is 9.50 Å². The fourth-order valence-corrected chi connectivity index (χ4v) is 4.59. The van der Waals surface area contributed by atoms with Crippen LogP contribution >= 0.6 is 0 Å². The Morgan fingerprint density at radius 2 is 1.90 bits per heavy atom. The van der Waals surface area contributed by atoms with Crippen LogP contribution in [-0.2, 0) is 11.3 Å². The minimum Gasteiger partial charge on any atom is -0.381 e. The monoisotopic (exact) mass is 393 g/mol. The standard InChI is InChI=1S/C22H27N5O2/c1-15-19-22(28)26(14-16-5-3-2-4-6-16)21(18-7-10-23-13-18)25-27(19)20(24-15)17-8-11-29-12-9-17/h2-6,17-18,23H,7-14H2,1H3. The summed E-state index contributed by atoms with van der Waals surface area (Å²) in [4.78, 5) is 18.5. The molecule has 152 valence electrons. The second-order valence-electron chi connectivity index (χ2n) is 8.13. The average Bonchev–Trinajstić information content (AvgIpc) is 3.40. The number of fused-ring (bicyclic) bond motifs is 1. The van der Waals surface area contributed by atoms with Gasteiger partial charge in [-0.3, -0.25) is 9.36 Å². The fraction of sp³-hybridized carbons (Fsp3) is 0.500. The van der Waals surface area contributed by atoms with Crippen LogP contribution in [-0.4, -0.2) is 45.5 Å². The maximum absolute atomic E-state index is 13.6. The molecule has 29 heavy (non-hydrogen) atoms. The van der Waals surface area contributed by atoms with Gasteiger partial charge in [-0.2, -0.15) is 5.10 Å². The molecule has 7 heteroatoms. The third-order valence-corrected chi connectivity index (χ3v) is 6.18. The predicted octanol–water partition coefficient (Wildman–Crippen LogP) is 2.22. The Bertz CT molecular complexity index is 1060. The number of aryl methyl sites for hydroxylation is 1. The molecule has 0 aliphatic carbocycles. The molecule has 2 fully saturated rings. The van der Waals surface area contributed by atoms with Crippen LogP contribution < -0.4 is 10.9 Å². The molecule has 2 saturated heterocycles. The van der Waals surface area contributed by atoms with Crippen molar-refractivity contribution >= 4 is 5.52 Å². The van der Waals surface area contributed by atoms with Crippen molar-refractivity contribution in [1.82, 2.24) is 24.5 Å². The number of hydrogen-bond donors (Lipinski definition) is 1. The van der Waals surface area contributed by atoms with Crippen molar-refractivity contribution < 1.29 is 4.74 Å². The highest BCUT2D eigenvalue weighted by molar-refractivity contribution is 5.50. The molecule has 1 atom stereocenters. The van der Waals surface area contributed by atoms with Gasteiger partial charge in [-0.1, -0.05) is 30.3 Å². The largest absolute Gasteiger partial charge is 0.381 e. The molecule has 0 bridgehead atoms. The molecular weight excluding hydrogens is 366 g/mol. The van der Waals surface area contributed by atoms with E-state index in [1.807, 2.05) is 34.2 Å². The molecule has 3 aromatic rings. The number of rotatable bonds is 4. The van der Waals surface area contributed by atoms with Crippen LogP contribution in [0.4, 0.5) is 0 Å². The zero-order chi connectivity index (χ0) is 19.8. The fourth-order valence-electron chi connectivity index (χ4n) is 4.59. The molecule has 0 saturated carbocycles. The number of imidazole rings is 1. The van der Waals surface area contributed by atoms with Crippen LogP contribution in [0.5, 0.6) is 0 Å². The second-order valence-corrected chi connectivity index (χ2v) is 8.13. The van der Waals surface area contributed by atoms with E-state index in [1.54, 1.807) is 0 Å². The normalized spacial score (nSPS) is 20.5. The Morgan fingerprint density at radius 1 is 1.10 bits per heavy atom. The van der Waals surface area contributed by atoms with Gasteiger partial charge in [0.2, 0.25) is 0 Å². The van der Waals surface area contributed by atoms with Crippen LogP contribution in [0, 0.1) is 6.92 Å². The minimum atomic E-state index is 0.00839.